The summed E-state index contributed by atoms with van der Waals surface area (Å²) in [4.78, 5) is 6.91. The van der Waals surface area contributed by atoms with Gasteiger partial charge in [0.05, 0.1) is 6.61 Å². The summed E-state index contributed by atoms with van der Waals surface area (Å²) in [6, 6.07) is 4.01. The lowest BCUT2D eigenvalue weighted by molar-refractivity contribution is 0.280. The van der Waals surface area contributed by atoms with Crippen LogP contribution in [0.15, 0.2) is 12.1 Å². The van der Waals surface area contributed by atoms with E-state index < -0.39 is 0 Å². The van der Waals surface area contributed by atoms with Crippen LogP contribution in [0.25, 0.3) is 0 Å². The van der Waals surface area contributed by atoms with Gasteiger partial charge in [-0.25, -0.2) is 4.98 Å². The molecular formula is C13H20N2O. The Morgan fingerprint density at radius 3 is 2.88 bits per heavy atom. The molecule has 1 aromatic heterocycles. The molecule has 0 saturated carbocycles. The smallest absolute Gasteiger partial charge is 0.128 e. The average Bonchev–Trinajstić information content (AvgIpc) is 2.77. The molecule has 0 amide bonds. The molecule has 88 valence electrons. The molecule has 0 aromatic carbocycles. The molecule has 1 unspecified atom stereocenters. The molecule has 1 aliphatic heterocycles. The first-order valence-electron chi connectivity index (χ1n) is 6.07. The molecule has 1 aromatic rings. The van der Waals surface area contributed by atoms with Crippen molar-refractivity contribution in [2.45, 2.75) is 33.3 Å². The molecule has 0 spiro atoms. The lowest BCUT2D eigenvalue weighted by Crippen LogP contribution is -2.21. The van der Waals surface area contributed by atoms with Crippen molar-refractivity contribution >= 4 is 5.82 Å². The average molecular weight is 220 g/mol. The Balaban J connectivity index is 2.13. The fraction of sp³-hybridized carbons (Fsp3) is 0.615. The summed E-state index contributed by atoms with van der Waals surface area (Å²) in [6.07, 6.45) is 2.53. The minimum Gasteiger partial charge on any atom is -0.392 e. The van der Waals surface area contributed by atoms with Crippen LogP contribution >= 0.6 is 0 Å². The number of aromatic nitrogens is 1. The molecule has 1 atom stereocenters. The monoisotopic (exact) mass is 220 g/mol. The molecule has 0 radical (unpaired) electrons. The van der Waals surface area contributed by atoms with Gasteiger partial charge in [-0.1, -0.05) is 19.4 Å². The molecule has 0 bridgehead atoms. The van der Waals surface area contributed by atoms with Crippen molar-refractivity contribution in [2.24, 2.45) is 5.92 Å². The second kappa shape index (κ2) is 4.83. The quantitative estimate of drug-likeness (QED) is 0.847. The van der Waals surface area contributed by atoms with Crippen LogP contribution in [-0.4, -0.2) is 23.2 Å². The first-order chi connectivity index (χ1) is 7.74. The van der Waals surface area contributed by atoms with Crippen molar-refractivity contribution in [3.63, 3.8) is 0 Å². The van der Waals surface area contributed by atoms with Crippen molar-refractivity contribution in [2.75, 3.05) is 18.0 Å². The number of anilines is 1. The van der Waals surface area contributed by atoms with Crippen LogP contribution in [0.3, 0.4) is 0 Å². The van der Waals surface area contributed by atoms with E-state index in [1.54, 1.807) is 0 Å². The maximum absolute atomic E-state index is 9.10. The number of aliphatic hydroxyl groups is 1. The first kappa shape index (κ1) is 11.4. The van der Waals surface area contributed by atoms with E-state index in [0.717, 1.165) is 36.1 Å². The number of pyridine rings is 1. The molecule has 3 nitrogen and oxygen atoms in total. The van der Waals surface area contributed by atoms with E-state index in [1.165, 1.54) is 12.8 Å². The van der Waals surface area contributed by atoms with E-state index in [-0.39, 0.29) is 6.61 Å². The van der Waals surface area contributed by atoms with Crippen LogP contribution in [0.2, 0.25) is 0 Å². The zero-order chi connectivity index (χ0) is 11.5. The van der Waals surface area contributed by atoms with E-state index in [1.807, 2.05) is 19.1 Å². The van der Waals surface area contributed by atoms with Gasteiger partial charge in [0, 0.05) is 18.8 Å². The topological polar surface area (TPSA) is 36.4 Å². The van der Waals surface area contributed by atoms with Gasteiger partial charge in [-0.2, -0.15) is 0 Å². The second-order valence-corrected chi connectivity index (χ2v) is 4.58. The molecule has 1 N–H and O–H groups in total. The normalized spacial score (nSPS) is 20.4. The van der Waals surface area contributed by atoms with Gasteiger partial charge in [0.25, 0.3) is 0 Å². The SMILES string of the molecule is CCC1CCN(c2ccc(CO)c(C)n2)C1. The van der Waals surface area contributed by atoms with Gasteiger partial charge < -0.3 is 10.0 Å². The molecule has 3 heteroatoms. The predicted molar refractivity (Wildman–Crippen MR) is 65.5 cm³/mol. The number of aryl methyl sites for hydroxylation is 1. The number of nitrogens with zero attached hydrogens (tertiary/aromatic N) is 2. The van der Waals surface area contributed by atoms with Crippen molar-refractivity contribution in [3.05, 3.63) is 23.4 Å². The zero-order valence-electron chi connectivity index (χ0n) is 10.1. The molecule has 2 heterocycles. The van der Waals surface area contributed by atoms with Gasteiger partial charge in [0.1, 0.15) is 5.82 Å². The summed E-state index contributed by atoms with van der Waals surface area (Å²) in [5.41, 5.74) is 1.87. The summed E-state index contributed by atoms with van der Waals surface area (Å²) < 4.78 is 0. The summed E-state index contributed by atoms with van der Waals surface area (Å²) in [6.45, 7) is 6.53. The van der Waals surface area contributed by atoms with Crippen molar-refractivity contribution in [3.8, 4) is 0 Å². The summed E-state index contributed by atoms with van der Waals surface area (Å²) in [5.74, 6) is 1.88. The Morgan fingerprint density at radius 1 is 1.50 bits per heavy atom. The van der Waals surface area contributed by atoms with Crippen LogP contribution in [0, 0.1) is 12.8 Å². The van der Waals surface area contributed by atoms with Crippen LogP contribution in [-0.2, 0) is 6.61 Å². The van der Waals surface area contributed by atoms with Gasteiger partial charge in [0.15, 0.2) is 0 Å². The van der Waals surface area contributed by atoms with E-state index in [0.29, 0.717) is 0 Å². The highest BCUT2D eigenvalue weighted by atomic mass is 16.3. The number of rotatable bonds is 3. The highest BCUT2D eigenvalue weighted by molar-refractivity contribution is 5.42. The zero-order valence-corrected chi connectivity index (χ0v) is 10.1. The van der Waals surface area contributed by atoms with E-state index in [9.17, 15) is 0 Å². The molecule has 1 fully saturated rings. The largest absolute Gasteiger partial charge is 0.392 e. The van der Waals surface area contributed by atoms with Crippen molar-refractivity contribution < 1.29 is 5.11 Å². The number of hydrogen-bond donors (Lipinski definition) is 1. The Bertz CT molecular complexity index is 365. The minimum atomic E-state index is 0.0801. The lowest BCUT2D eigenvalue weighted by atomic mass is 10.1. The molecule has 1 saturated heterocycles. The third-order valence-electron chi connectivity index (χ3n) is 3.54. The Hall–Kier alpha value is -1.09. The van der Waals surface area contributed by atoms with Crippen molar-refractivity contribution in [1.82, 2.24) is 4.98 Å². The minimum absolute atomic E-state index is 0.0801. The molecule has 0 aliphatic carbocycles. The van der Waals surface area contributed by atoms with E-state index >= 15 is 0 Å². The van der Waals surface area contributed by atoms with Crippen LogP contribution in [0.1, 0.15) is 31.0 Å². The van der Waals surface area contributed by atoms with Crippen LogP contribution in [0.5, 0.6) is 0 Å². The molecule has 1 aliphatic rings. The highest BCUT2D eigenvalue weighted by Crippen LogP contribution is 2.24. The predicted octanol–water partition coefficient (Wildman–Crippen LogP) is 2.12. The van der Waals surface area contributed by atoms with Gasteiger partial charge in [-0.15, -0.1) is 0 Å². The molecular weight excluding hydrogens is 200 g/mol. The molecule has 2 rings (SSSR count). The fourth-order valence-corrected chi connectivity index (χ4v) is 2.29. The lowest BCUT2D eigenvalue weighted by Gasteiger charge is -2.18. The second-order valence-electron chi connectivity index (χ2n) is 4.58. The van der Waals surface area contributed by atoms with Gasteiger partial charge >= 0.3 is 0 Å². The summed E-state index contributed by atoms with van der Waals surface area (Å²) in [5, 5.41) is 9.10. The number of aliphatic hydroxyl groups excluding tert-OH is 1. The highest BCUT2D eigenvalue weighted by Gasteiger charge is 2.22. The fourth-order valence-electron chi connectivity index (χ4n) is 2.29. The third-order valence-corrected chi connectivity index (χ3v) is 3.54. The van der Waals surface area contributed by atoms with Crippen LogP contribution in [0.4, 0.5) is 5.82 Å². The van der Waals surface area contributed by atoms with E-state index in [2.05, 4.69) is 16.8 Å². The molecule has 16 heavy (non-hydrogen) atoms. The Kier molecular flexibility index (Phi) is 3.44. The maximum Gasteiger partial charge on any atom is 0.128 e. The Labute approximate surface area is 97.1 Å². The van der Waals surface area contributed by atoms with E-state index in [4.69, 9.17) is 5.11 Å². The van der Waals surface area contributed by atoms with Crippen LogP contribution < -0.4 is 4.90 Å². The van der Waals surface area contributed by atoms with Gasteiger partial charge in [-0.05, 0) is 30.9 Å². The first-order valence-corrected chi connectivity index (χ1v) is 6.07. The third kappa shape index (κ3) is 2.19. The summed E-state index contributed by atoms with van der Waals surface area (Å²) >= 11 is 0. The maximum atomic E-state index is 9.10. The van der Waals surface area contributed by atoms with Gasteiger partial charge in [0.2, 0.25) is 0 Å². The summed E-state index contributed by atoms with van der Waals surface area (Å²) in [7, 11) is 0. The number of hydrogen-bond acceptors (Lipinski definition) is 3. The Morgan fingerprint density at radius 2 is 2.31 bits per heavy atom. The van der Waals surface area contributed by atoms with Crippen molar-refractivity contribution in [1.29, 1.82) is 0 Å². The van der Waals surface area contributed by atoms with Gasteiger partial charge in [-0.3, -0.25) is 0 Å². The standard InChI is InChI=1S/C13H20N2O/c1-3-11-6-7-15(8-11)13-5-4-12(9-16)10(2)14-13/h4-5,11,16H,3,6-9H2,1-2H3.